The lowest BCUT2D eigenvalue weighted by Gasteiger charge is -2.14. The maximum atomic E-state index is 12.4. The Morgan fingerprint density at radius 2 is 1.88 bits per heavy atom. The molecule has 3 rings (SSSR count). The molecular weight excluding hydrogens is 384 g/mol. The summed E-state index contributed by atoms with van der Waals surface area (Å²) in [5, 5.41) is 0. The minimum absolute atomic E-state index is 0.0804. The average molecular weight is 401 g/mol. The van der Waals surface area contributed by atoms with Gasteiger partial charge in [0.2, 0.25) is 0 Å². The zero-order chi connectivity index (χ0) is 18.0. The molecule has 5 nitrogen and oxygen atoms in total. The van der Waals surface area contributed by atoms with Crippen molar-refractivity contribution in [3.63, 3.8) is 0 Å². The van der Waals surface area contributed by atoms with E-state index in [-0.39, 0.29) is 11.7 Å². The van der Waals surface area contributed by atoms with Crippen molar-refractivity contribution in [2.75, 3.05) is 7.05 Å². The number of Topliss-reactive ketones (excluding diaryl/α,β-unsaturated/α-hetero) is 1. The van der Waals surface area contributed by atoms with Crippen LogP contribution in [0, 0.1) is 0 Å². The highest BCUT2D eigenvalue weighted by Crippen LogP contribution is 2.24. The lowest BCUT2D eigenvalue weighted by molar-refractivity contribution is 0.0770. The van der Waals surface area contributed by atoms with Gasteiger partial charge in [-0.25, -0.2) is 0 Å². The zero-order valence-electron chi connectivity index (χ0n) is 13.9. The standard InChI is InChI=1S/C19H17BrN2O3/c1-12(23)14-9-17(21-10-14)19(24)22(2)11-16-7-8-18(25-16)13-3-5-15(20)6-4-13/h3-10,21H,11H2,1-2H3. The number of carbonyl (C=O) groups is 2. The van der Waals surface area contributed by atoms with E-state index in [2.05, 4.69) is 20.9 Å². The van der Waals surface area contributed by atoms with Crippen molar-refractivity contribution in [3.05, 3.63) is 70.2 Å². The van der Waals surface area contributed by atoms with Gasteiger partial charge in [0.15, 0.2) is 5.78 Å². The van der Waals surface area contributed by atoms with E-state index in [1.54, 1.807) is 24.2 Å². The fraction of sp³-hybridized carbons (Fsp3) is 0.158. The van der Waals surface area contributed by atoms with Gasteiger partial charge in [0.25, 0.3) is 5.91 Å². The molecule has 0 saturated heterocycles. The summed E-state index contributed by atoms with van der Waals surface area (Å²) in [5.41, 5.74) is 1.85. The van der Waals surface area contributed by atoms with Crippen LogP contribution in [0.1, 0.15) is 33.5 Å². The maximum absolute atomic E-state index is 12.4. The molecule has 0 aliphatic heterocycles. The summed E-state index contributed by atoms with van der Waals surface area (Å²) >= 11 is 3.41. The third kappa shape index (κ3) is 3.91. The van der Waals surface area contributed by atoms with E-state index in [1.807, 2.05) is 36.4 Å². The molecule has 3 aromatic rings. The van der Waals surface area contributed by atoms with Crippen LogP contribution < -0.4 is 0 Å². The number of hydrogen-bond donors (Lipinski definition) is 1. The van der Waals surface area contributed by atoms with Crippen molar-refractivity contribution < 1.29 is 14.0 Å². The summed E-state index contributed by atoms with van der Waals surface area (Å²) in [5.74, 6) is 1.16. The van der Waals surface area contributed by atoms with Crippen LogP contribution in [0.15, 0.2) is 57.6 Å². The Labute approximate surface area is 153 Å². The fourth-order valence-corrected chi connectivity index (χ4v) is 2.73. The van der Waals surface area contributed by atoms with Crippen molar-refractivity contribution in [1.29, 1.82) is 0 Å². The molecule has 0 unspecified atom stereocenters. The number of amides is 1. The van der Waals surface area contributed by atoms with Gasteiger partial charge in [-0.05, 0) is 37.3 Å². The summed E-state index contributed by atoms with van der Waals surface area (Å²) in [6.07, 6.45) is 1.54. The van der Waals surface area contributed by atoms with E-state index in [1.165, 1.54) is 6.92 Å². The van der Waals surface area contributed by atoms with Crippen molar-refractivity contribution in [2.24, 2.45) is 0 Å². The Morgan fingerprint density at radius 1 is 1.16 bits per heavy atom. The first-order valence-corrected chi connectivity index (χ1v) is 8.53. The number of benzene rings is 1. The number of rotatable bonds is 5. The van der Waals surface area contributed by atoms with Crippen LogP contribution >= 0.6 is 15.9 Å². The topological polar surface area (TPSA) is 66.3 Å². The van der Waals surface area contributed by atoms with Crippen molar-refractivity contribution in [2.45, 2.75) is 13.5 Å². The molecule has 6 heteroatoms. The first-order chi connectivity index (χ1) is 11.9. The van der Waals surface area contributed by atoms with Crippen LogP contribution in [0.5, 0.6) is 0 Å². The van der Waals surface area contributed by atoms with Gasteiger partial charge in [-0.15, -0.1) is 0 Å². The molecule has 0 aliphatic rings. The Balaban J connectivity index is 1.70. The third-order valence-electron chi connectivity index (χ3n) is 3.85. The lowest BCUT2D eigenvalue weighted by Crippen LogP contribution is -2.26. The molecule has 0 radical (unpaired) electrons. The number of hydrogen-bond acceptors (Lipinski definition) is 3. The average Bonchev–Trinajstić information content (AvgIpc) is 3.24. The fourth-order valence-electron chi connectivity index (χ4n) is 2.46. The minimum atomic E-state index is -0.200. The summed E-state index contributed by atoms with van der Waals surface area (Å²) in [7, 11) is 1.69. The molecule has 0 fully saturated rings. The van der Waals surface area contributed by atoms with Gasteiger partial charge in [0.05, 0.1) is 6.54 Å². The van der Waals surface area contributed by atoms with Crippen molar-refractivity contribution in [1.82, 2.24) is 9.88 Å². The molecule has 2 aromatic heterocycles. The summed E-state index contributed by atoms with van der Waals surface area (Å²) in [6.45, 7) is 1.80. The van der Waals surface area contributed by atoms with Gasteiger partial charge in [-0.1, -0.05) is 28.1 Å². The van der Waals surface area contributed by atoms with Crippen LogP contribution in [0.2, 0.25) is 0 Å². The summed E-state index contributed by atoms with van der Waals surface area (Å²) in [4.78, 5) is 28.2. The number of carbonyl (C=O) groups excluding carboxylic acids is 2. The molecule has 0 atom stereocenters. The van der Waals surface area contributed by atoms with Crippen molar-refractivity contribution in [3.8, 4) is 11.3 Å². The van der Waals surface area contributed by atoms with E-state index in [4.69, 9.17) is 4.42 Å². The summed E-state index contributed by atoms with van der Waals surface area (Å²) < 4.78 is 6.84. The monoisotopic (exact) mass is 400 g/mol. The van der Waals surface area contributed by atoms with Gasteiger partial charge in [0, 0.05) is 28.8 Å². The van der Waals surface area contributed by atoms with Crippen molar-refractivity contribution >= 4 is 27.6 Å². The third-order valence-corrected chi connectivity index (χ3v) is 4.38. The summed E-state index contributed by atoms with van der Waals surface area (Å²) in [6, 6.07) is 13.1. The molecule has 2 heterocycles. The maximum Gasteiger partial charge on any atom is 0.270 e. The molecular formula is C19H17BrN2O3. The predicted octanol–water partition coefficient (Wildman–Crippen LogP) is 4.51. The minimum Gasteiger partial charge on any atom is -0.459 e. The predicted molar refractivity (Wildman–Crippen MR) is 98.4 cm³/mol. The number of furan rings is 1. The quantitative estimate of drug-likeness (QED) is 0.640. The van der Waals surface area contributed by atoms with Gasteiger partial charge in [-0.2, -0.15) is 0 Å². The second kappa shape index (κ2) is 7.11. The van der Waals surface area contributed by atoms with E-state index in [0.717, 1.165) is 15.8 Å². The number of H-pyrrole nitrogens is 1. The SMILES string of the molecule is CC(=O)c1c[nH]c(C(=O)N(C)Cc2ccc(-c3ccc(Br)cc3)o2)c1. The van der Waals surface area contributed by atoms with Crippen LogP contribution in [-0.2, 0) is 6.54 Å². The van der Waals surface area contributed by atoms with Crippen LogP contribution in [0.4, 0.5) is 0 Å². The Bertz CT molecular complexity index is 909. The molecule has 1 aromatic carbocycles. The number of ketones is 1. The molecule has 0 spiro atoms. The van der Waals surface area contributed by atoms with Gasteiger partial charge in [0.1, 0.15) is 17.2 Å². The number of aromatic amines is 1. The Hall–Kier alpha value is -2.60. The molecule has 1 N–H and O–H groups in total. The molecule has 25 heavy (non-hydrogen) atoms. The largest absolute Gasteiger partial charge is 0.459 e. The first-order valence-electron chi connectivity index (χ1n) is 7.73. The lowest BCUT2D eigenvalue weighted by atomic mass is 10.2. The van der Waals surface area contributed by atoms with Gasteiger partial charge < -0.3 is 14.3 Å². The van der Waals surface area contributed by atoms with Crippen LogP contribution in [0.3, 0.4) is 0 Å². The number of nitrogens with one attached hydrogen (secondary N) is 1. The second-order valence-electron chi connectivity index (χ2n) is 5.79. The molecule has 128 valence electrons. The number of halogens is 1. The Morgan fingerprint density at radius 3 is 2.52 bits per heavy atom. The molecule has 0 saturated carbocycles. The highest BCUT2D eigenvalue weighted by atomic mass is 79.9. The van der Waals surface area contributed by atoms with Crippen LogP contribution in [0.25, 0.3) is 11.3 Å². The Kier molecular flexibility index (Phi) is 4.90. The van der Waals surface area contributed by atoms with Crippen LogP contribution in [-0.4, -0.2) is 28.6 Å². The van der Waals surface area contributed by atoms with Gasteiger partial charge in [-0.3, -0.25) is 9.59 Å². The molecule has 0 aliphatic carbocycles. The second-order valence-corrected chi connectivity index (χ2v) is 6.71. The van der Waals surface area contributed by atoms with E-state index in [0.29, 0.717) is 23.6 Å². The van der Waals surface area contributed by atoms with Gasteiger partial charge >= 0.3 is 0 Å². The van der Waals surface area contributed by atoms with E-state index >= 15 is 0 Å². The van der Waals surface area contributed by atoms with E-state index in [9.17, 15) is 9.59 Å². The smallest absolute Gasteiger partial charge is 0.270 e. The number of aromatic nitrogens is 1. The van der Waals surface area contributed by atoms with E-state index < -0.39 is 0 Å². The highest BCUT2D eigenvalue weighted by Gasteiger charge is 2.17. The first kappa shape index (κ1) is 17.2. The zero-order valence-corrected chi connectivity index (χ0v) is 15.5. The molecule has 1 amide bonds. The molecule has 0 bridgehead atoms. The number of nitrogens with zero attached hydrogens (tertiary/aromatic N) is 1. The highest BCUT2D eigenvalue weighted by molar-refractivity contribution is 9.10. The normalized spacial score (nSPS) is 10.7.